The van der Waals surface area contributed by atoms with Crippen molar-refractivity contribution >= 4 is 17.2 Å². The fourth-order valence-corrected chi connectivity index (χ4v) is 4.03. The van der Waals surface area contributed by atoms with E-state index in [1.165, 1.54) is 5.56 Å². The van der Waals surface area contributed by atoms with Gasteiger partial charge in [-0.2, -0.15) is 0 Å². The predicted octanol–water partition coefficient (Wildman–Crippen LogP) is 3.27. The summed E-state index contributed by atoms with van der Waals surface area (Å²) in [5, 5.41) is 34.0. The lowest BCUT2D eigenvalue weighted by molar-refractivity contribution is -0.0328. The van der Waals surface area contributed by atoms with Gasteiger partial charge in [-0.05, 0) is 22.8 Å². The molecule has 0 heterocycles. The zero-order valence-corrected chi connectivity index (χ0v) is 23.8. The number of hydrogen-bond donors (Lipinski definition) is 8. The van der Waals surface area contributed by atoms with Crippen LogP contribution in [-0.2, 0) is 9.73 Å². The van der Waals surface area contributed by atoms with Crippen molar-refractivity contribution in [2.24, 2.45) is 16.2 Å². The van der Waals surface area contributed by atoms with E-state index in [-0.39, 0.29) is 16.2 Å². The summed E-state index contributed by atoms with van der Waals surface area (Å²) in [6.07, 6.45) is 8.10. The smallest absolute Gasteiger partial charge is 0.334 e. The van der Waals surface area contributed by atoms with E-state index in [0.29, 0.717) is 0 Å². The van der Waals surface area contributed by atoms with Crippen molar-refractivity contribution in [3.8, 4) is 0 Å². The van der Waals surface area contributed by atoms with E-state index < -0.39 is 49.0 Å². The SMILES string of the molecule is CC(C)(C)C1=CC=CC(c2ccccc2)(C(C)(C)C)C1.OCC(CO)(CO)CO.OP(O)OP(O)O. The second-order valence-corrected chi connectivity index (χ2v) is 12.4. The molecule has 208 valence electrons. The maximum Gasteiger partial charge on any atom is 0.334 e. The Labute approximate surface area is 217 Å². The van der Waals surface area contributed by atoms with Crippen molar-refractivity contribution in [1.29, 1.82) is 0 Å². The summed E-state index contributed by atoms with van der Waals surface area (Å²) in [4.78, 5) is 31.3. The van der Waals surface area contributed by atoms with Gasteiger partial charge < -0.3 is 40.0 Å². The van der Waals surface area contributed by atoms with Crippen LogP contribution in [0.4, 0.5) is 0 Å². The van der Waals surface area contributed by atoms with Gasteiger partial charge in [0.15, 0.2) is 0 Å². The Bertz CT molecular complexity index is 772. The first-order valence-corrected chi connectivity index (χ1v) is 13.8. The summed E-state index contributed by atoms with van der Waals surface area (Å²) in [5.74, 6) is 0. The summed E-state index contributed by atoms with van der Waals surface area (Å²) in [5.41, 5.74) is 2.37. The van der Waals surface area contributed by atoms with Gasteiger partial charge in [-0.1, -0.05) is 95.7 Å². The van der Waals surface area contributed by atoms with Crippen LogP contribution >= 0.6 is 17.2 Å². The number of aliphatic hydroxyl groups excluding tert-OH is 4. The van der Waals surface area contributed by atoms with Gasteiger partial charge in [0, 0.05) is 5.41 Å². The Kier molecular flexibility index (Phi) is 15.2. The molecule has 0 aromatic heterocycles. The zero-order valence-electron chi connectivity index (χ0n) is 22.0. The van der Waals surface area contributed by atoms with Crippen LogP contribution in [0.15, 0.2) is 54.1 Å². The van der Waals surface area contributed by atoms with E-state index in [9.17, 15) is 0 Å². The highest BCUT2D eigenvalue weighted by atomic mass is 31.2. The standard InChI is InChI=1S/C20H28.C5H12O4.H4O5P2/c1-18(2,3)17-13-10-14-20(15-17,19(4,5)6)16-11-8-7-9-12-16;6-1-5(2-7,3-8)4-9;1-6(2)5-7(3)4/h7-14H,15H2,1-6H3;6-9H,1-4H2;1-4H. The largest absolute Gasteiger partial charge is 0.396 e. The van der Waals surface area contributed by atoms with Gasteiger partial charge in [-0.15, -0.1) is 0 Å². The highest BCUT2D eigenvalue weighted by molar-refractivity contribution is 7.53. The Hall–Kier alpha value is -0.800. The van der Waals surface area contributed by atoms with Crippen molar-refractivity contribution in [3.63, 3.8) is 0 Å². The minimum Gasteiger partial charge on any atom is -0.396 e. The first-order valence-electron chi connectivity index (χ1n) is 11.5. The molecule has 1 aromatic carbocycles. The second-order valence-electron chi connectivity index (χ2n) is 10.8. The van der Waals surface area contributed by atoms with Crippen LogP contribution in [0, 0.1) is 16.2 Å². The molecule has 9 nitrogen and oxygen atoms in total. The molecule has 0 bridgehead atoms. The number of allylic oxidation sites excluding steroid dienone is 4. The molecule has 0 saturated heterocycles. The maximum atomic E-state index is 8.50. The Morgan fingerprint density at radius 3 is 1.50 bits per heavy atom. The monoisotopic (exact) mass is 550 g/mol. The lowest BCUT2D eigenvalue weighted by Crippen LogP contribution is -2.41. The lowest BCUT2D eigenvalue weighted by atomic mass is 9.57. The minimum atomic E-state index is -2.61. The molecule has 0 amide bonds. The molecule has 1 aliphatic carbocycles. The van der Waals surface area contributed by atoms with Crippen LogP contribution in [0.25, 0.3) is 0 Å². The predicted molar refractivity (Wildman–Crippen MR) is 143 cm³/mol. The van der Waals surface area contributed by atoms with Crippen LogP contribution < -0.4 is 0 Å². The van der Waals surface area contributed by atoms with Crippen molar-refractivity contribution in [3.05, 3.63) is 59.7 Å². The van der Waals surface area contributed by atoms with Crippen LogP contribution in [0.2, 0.25) is 0 Å². The number of benzene rings is 1. The molecule has 0 aliphatic heterocycles. The third-order valence-corrected chi connectivity index (χ3v) is 7.39. The number of hydrogen-bond acceptors (Lipinski definition) is 9. The van der Waals surface area contributed by atoms with Crippen LogP contribution in [-0.4, -0.2) is 66.4 Å². The van der Waals surface area contributed by atoms with Gasteiger partial charge in [-0.3, -0.25) is 0 Å². The molecule has 11 heteroatoms. The lowest BCUT2D eigenvalue weighted by Gasteiger charge is -2.47. The third kappa shape index (κ3) is 10.9. The van der Waals surface area contributed by atoms with Crippen molar-refractivity contribution in [1.82, 2.24) is 0 Å². The Morgan fingerprint density at radius 1 is 0.778 bits per heavy atom. The Morgan fingerprint density at radius 2 is 1.22 bits per heavy atom. The molecule has 0 radical (unpaired) electrons. The molecule has 0 saturated carbocycles. The van der Waals surface area contributed by atoms with E-state index >= 15 is 0 Å². The topological polar surface area (TPSA) is 171 Å². The van der Waals surface area contributed by atoms with Crippen molar-refractivity contribution in [2.45, 2.75) is 53.4 Å². The van der Waals surface area contributed by atoms with E-state index in [4.69, 9.17) is 40.0 Å². The molecule has 0 fully saturated rings. The minimum absolute atomic E-state index is 0.0889. The molecule has 2 rings (SSSR count). The fourth-order valence-electron chi connectivity index (χ4n) is 3.51. The van der Waals surface area contributed by atoms with E-state index in [1.54, 1.807) is 5.57 Å². The Balaban J connectivity index is 0.000000635. The second kappa shape index (κ2) is 15.6. The summed E-state index contributed by atoms with van der Waals surface area (Å²) in [7, 11) is -5.22. The molecule has 1 unspecified atom stereocenters. The highest BCUT2D eigenvalue weighted by Gasteiger charge is 2.43. The summed E-state index contributed by atoms with van der Waals surface area (Å²) in [6, 6.07) is 11.0. The highest BCUT2D eigenvalue weighted by Crippen LogP contribution is 2.51. The number of aliphatic hydroxyl groups is 4. The molecular weight excluding hydrogens is 506 g/mol. The quantitative estimate of drug-likeness (QED) is 0.237. The van der Waals surface area contributed by atoms with Gasteiger partial charge >= 0.3 is 17.2 Å². The summed E-state index contributed by atoms with van der Waals surface area (Å²) >= 11 is 0. The van der Waals surface area contributed by atoms with E-state index in [1.807, 2.05) is 0 Å². The van der Waals surface area contributed by atoms with Crippen molar-refractivity contribution < 1.29 is 44.3 Å². The van der Waals surface area contributed by atoms with Crippen LogP contribution in [0.1, 0.15) is 53.5 Å². The van der Waals surface area contributed by atoms with Crippen LogP contribution in [0.3, 0.4) is 0 Å². The average Bonchev–Trinajstić information content (AvgIpc) is 2.80. The first kappa shape index (κ1) is 35.2. The zero-order chi connectivity index (χ0) is 28.2. The van der Waals surface area contributed by atoms with E-state index in [0.717, 1.165) is 6.42 Å². The summed E-state index contributed by atoms with van der Waals surface area (Å²) in [6.45, 7) is 12.4. The maximum absolute atomic E-state index is 8.50. The number of rotatable bonds is 7. The third-order valence-electron chi connectivity index (χ3n) is 6.23. The molecule has 1 atom stereocenters. The molecular formula is C25H44O9P2. The van der Waals surface area contributed by atoms with Gasteiger partial charge in [0.1, 0.15) is 0 Å². The van der Waals surface area contributed by atoms with Crippen molar-refractivity contribution in [2.75, 3.05) is 26.4 Å². The van der Waals surface area contributed by atoms with E-state index in [2.05, 4.69) is 94.4 Å². The molecule has 8 N–H and O–H groups in total. The van der Waals surface area contributed by atoms with Gasteiger partial charge in [0.05, 0.1) is 31.8 Å². The fraction of sp³-hybridized carbons (Fsp3) is 0.600. The molecule has 0 spiro atoms. The normalized spacial score (nSPS) is 18.3. The first-order chi connectivity index (χ1) is 16.5. The average molecular weight is 551 g/mol. The summed E-state index contributed by atoms with van der Waals surface area (Å²) < 4.78 is 3.60. The van der Waals surface area contributed by atoms with Gasteiger partial charge in [0.2, 0.25) is 0 Å². The van der Waals surface area contributed by atoms with Gasteiger partial charge in [0.25, 0.3) is 0 Å². The molecule has 36 heavy (non-hydrogen) atoms. The molecule has 1 aromatic rings. The van der Waals surface area contributed by atoms with Crippen LogP contribution in [0.5, 0.6) is 0 Å². The molecule has 1 aliphatic rings. The van der Waals surface area contributed by atoms with Gasteiger partial charge in [-0.25, -0.2) is 4.31 Å².